The average Bonchev–Trinajstić information content (AvgIpc) is 2.78. The highest BCUT2D eigenvalue weighted by molar-refractivity contribution is 9.10. The van der Waals surface area contributed by atoms with Crippen LogP contribution in [0.1, 0.15) is 13.8 Å². The van der Waals surface area contributed by atoms with Gasteiger partial charge in [0.25, 0.3) is 0 Å². The minimum absolute atomic E-state index is 0.370. The van der Waals surface area contributed by atoms with Crippen LogP contribution in [0.5, 0.6) is 0 Å². The highest BCUT2D eigenvalue weighted by atomic mass is 79.9. The molecule has 122 valence electrons. The minimum atomic E-state index is -0.427. The number of nitrogens with zero attached hydrogens (tertiary/aromatic N) is 1. The molecule has 0 unspecified atom stereocenters. The molecule has 0 radical (unpaired) electrons. The molecule has 0 saturated carbocycles. The summed E-state index contributed by atoms with van der Waals surface area (Å²) in [7, 11) is 0. The number of hydrogen-bond acceptors (Lipinski definition) is 2. The van der Waals surface area contributed by atoms with Gasteiger partial charge in [0.15, 0.2) is 0 Å². The molecule has 0 spiro atoms. The van der Waals surface area contributed by atoms with Crippen LogP contribution >= 0.6 is 31.9 Å². The minimum Gasteiger partial charge on any atom is -0.390 e. The van der Waals surface area contributed by atoms with E-state index in [2.05, 4.69) is 79.9 Å². The second-order valence-corrected chi connectivity index (χ2v) is 7.98. The Labute approximate surface area is 152 Å². The van der Waals surface area contributed by atoms with Crippen molar-refractivity contribution in [3.05, 3.63) is 45.3 Å². The molecule has 0 saturated heterocycles. The molecule has 0 aliphatic rings. The zero-order valence-corrected chi connectivity index (χ0v) is 16.4. The quantitative estimate of drug-likeness (QED) is 0.605. The van der Waals surface area contributed by atoms with Crippen molar-refractivity contribution in [3.63, 3.8) is 0 Å². The first-order valence-electron chi connectivity index (χ1n) is 7.74. The molecule has 0 fully saturated rings. The fraction of sp³-hybridized carbons (Fsp3) is 0.333. The number of hydrogen-bond donors (Lipinski definition) is 2. The van der Waals surface area contributed by atoms with Crippen molar-refractivity contribution in [1.82, 2.24) is 9.88 Å². The summed E-state index contributed by atoms with van der Waals surface area (Å²) < 4.78 is 4.33. The predicted molar refractivity (Wildman–Crippen MR) is 104 cm³/mol. The van der Waals surface area contributed by atoms with Gasteiger partial charge in [0, 0.05) is 43.3 Å². The third-order valence-electron chi connectivity index (χ3n) is 3.94. The van der Waals surface area contributed by atoms with Gasteiger partial charge in [0.05, 0.1) is 12.6 Å². The van der Waals surface area contributed by atoms with Crippen molar-refractivity contribution in [3.8, 4) is 0 Å². The van der Waals surface area contributed by atoms with Crippen LogP contribution in [0.25, 0.3) is 21.8 Å². The molecule has 1 atom stereocenters. The number of aliphatic hydroxyl groups is 1. The second kappa shape index (κ2) is 6.93. The summed E-state index contributed by atoms with van der Waals surface area (Å²) in [6, 6.07) is 13.0. The van der Waals surface area contributed by atoms with E-state index in [1.807, 2.05) is 12.1 Å². The second-order valence-electron chi connectivity index (χ2n) is 6.15. The molecule has 0 bridgehead atoms. The molecule has 3 aromatic rings. The molecular weight excluding hydrogens is 420 g/mol. The highest BCUT2D eigenvalue weighted by Gasteiger charge is 2.14. The fourth-order valence-corrected chi connectivity index (χ4v) is 3.61. The number of halogens is 2. The highest BCUT2D eigenvalue weighted by Crippen LogP contribution is 2.33. The van der Waals surface area contributed by atoms with E-state index in [9.17, 15) is 5.11 Å². The molecule has 23 heavy (non-hydrogen) atoms. The Balaban J connectivity index is 2.07. The lowest BCUT2D eigenvalue weighted by Gasteiger charge is -2.16. The number of benzene rings is 2. The molecule has 2 N–H and O–H groups in total. The van der Waals surface area contributed by atoms with Gasteiger partial charge in [-0.2, -0.15) is 0 Å². The Morgan fingerprint density at radius 1 is 1.00 bits per heavy atom. The van der Waals surface area contributed by atoms with E-state index in [1.165, 1.54) is 10.8 Å². The molecule has 0 amide bonds. The maximum Gasteiger partial charge on any atom is 0.0843 e. The Bertz CT molecular complexity index is 783. The van der Waals surface area contributed by atoms with Gasteiger partial charge in [-0.3, -0.25) is 0 Å². The lowest BCUT2D eigenvalue weighted by atomic mass is 10.2. The van der Waals surface area contributed by atoms with Crippen LogP contribution in [-0.2, 0) is 6.54 Å². The molecule has 5 heteroatoms. The van der Waals surface area contributed by atoms with Crippen molar-refractivity contribution in [2.24, 2.45) is 0 Å². The van der Waals surface area contributed by atoms with Gasteiger partial charge in [-0.1, -0.05) is 45.7 Å². The summed E-state index contributed by atoms with van der Waals surface area (Å²) in [6.07, 6.45) is -0.427. The Morgan fingerprint density at radius 2 is 1.52 bits per heavy atom. The normalized spacial score (nSPS) is 13.3. The lowest BCUT2D eigenvalue weighted by Crippen LogP contribution is -2.34. The number of fused-ring (bicyclic) bond motifs is 3. The molecule has 0 aliphatic heterocycles. The topological polar surface area (TPSA) is 37.2 Å². The van der Waals surface area contributed by atoms with Crippen LogP contribution < -0.4 is 5.32 Å². The Morgan fingerprint density at radius 3 is 2.00 bits per heavy atom. The Hall–Kier alpha value is -0.880. The summed E-state index contributed by atoms with van der Waals surface area (Å²) in [4.78, 5) is 0. The summed E-state index contributed by atoms with van der Waals surface area (Å²) in [5.41, 5.74) is 2.29. The van der Waals surface area contributed by atoms with Crippen LogP contribution in [0.3, 0.4) is 0 Å². The van der Waals surface area contributed by atoms with E-state index in [-0.39, 0.29) is 0 Å². The van der Waals surface area contributed by atoms with Gasteiger partial charge in [0.1, 0.15) is 0 Å². The van der Waals surface area contributed by atoms with Gasteiger partial charge in [-0.15, -0.1) is 0 Å². The van der Waals surface area contributed by atoms with E-state index in [1.54, 1.807) is 0 Å². The number of aromatic nitrogens is 1. The predicted octanol–water partition coefficient (Wildman–Crippen LogP) is 4.68. The van der Waals surface area contributed by atoms with Crippen molar-refractivity contribution < 1.29 is 5.11 Å². The van der Waals surface area contributed by atoms with Crippen LogP contribution in [0.2, 0.25) is 0 Å². The molecular formula is C18H20Br2N2O. The van der Waals surface area contributed by atoms with Crippen molar-refractivity contribution in [1.29, 1.82) is 0 Å². The van der Waals surface area contributed by atoms with Gasteiger partial charge in [-0.25, -0.2) is 0 Å². The first kappa shape index (κ1) is 17.0. The molecule has 3 nitrogen and oxygen atoms in total. The summed E-state index contributed by atoms with van der Waals surface area (Å²) in [5.74, 6) is 0. The van der Waals surface area contributed by atoms with Gasteiger partial charge < -0.3 is 15.0 Å². The fourth-order valence-electron chi connectivity index (χ4n) is 2.89. The smallest absolute Gasteiger partial charge is 0.0843 e. The molecule has 1 aromatic heterocycles. The molecule has 0 aliphatic carbocycles. The van der Waals surface area contributed by atoms with E-state index < -0.39 is 6.10 Å². The van der Waals surface area contributed by atoms with Gasteiger partial charge >= 0.3 is 0 Å². The maximum absolute atomic E-state index is 10.4. The summed E-state index contributed by atoms with van der Waals surface area (Å²) in [6.45, 7) is 5.33. The van der Waals surface area contributed by atoms with Gasteiger partial charge in [0.2, 0.25) is 0 Å². The van der Waals surface area contributed by atoms with Crippen LogP contribution in [-0.4, -0.2) is 28.4 Å². The molecule has 2 aromatic carbocycles. The number of rotatable bonds is 5. The number of nitrogens with one attached hydrogen (secondary N) is 1. The standard InChI is InChI=1S/C18H20Br2N2O/c1-11(2)21-9-14(23)10-22-17-5-3-12(19)7-15(17)16-8-13(20)4-6-18(16)22/h3-8,11,14,21,23H,9-10H2,1-2H3/t14-/m0/s1. The van der Waals surface area contributed by atoms with Crippen molar-refractivity contribution in [2.45, 2.75) is 32.5 Å². The first-order valence-corrected chi connectivity index (χ1v) is 9.33. The van der Waals surface area contributed by atoms with Crippen LogP contribution in [0.4, 0.5) is 0 Å². The third-order valence-corrected chi connectivity index (χ3v) is 4.93. The van der Waals surface area contributed by atoms with E-state index >= 15 is 0 Å². The van der Waals surface area contributed by atoms with E-state index in [4.69, 9.17) is 0 Å². The zero-order valence-electron chi connectivity index (χ0n) is 13.2. The van der Waals surface area contributed by atoms with Crippen molar-refractivity contribution >= 4 is 53.7 Å². The summed E-state index contributed by atoms with van der Waals surface area (Å²) >= 11 is 7.11. The largest absolute Gasteiger partial charge is 0.390 e. The maximum atomic E-state index is 10.4. The third kappa shape index (κ3) is 3.63. The monoisotopic (exact) mass is 438 g/mol. The van der Waals surface area contributed by atoms with Crippen LogP contribution in [0.15, 0.2) is 45.3 Å². The lowest BCUT2D eigenvalue weighted by molar-refractivity contribution is 0.151. The summed E-state index contributed by atoms with van der Waals surface area (Å²) in [5, 5.41) is 16.1. The van der Waals surface area contributed by atoms with E-state index in [0.29, 0.717) is 19.1 Å². The molecule has 3 rings (SSSR count). The average molecular weight is 440 g/mol. The number of aliphatic hydroxyl groups excluding tert-OH is 1. The zero-order chi connectivity index (χ0) is 16.6. The SMILES string of the molecule is CC(C)NC[C@H](O)Cn1c2ccc(Br)cc2c2cc(Br)ccc21. The van der Waals surface area contributed by atoms with E-state index in [0.717, 1.165) is 20.0 Å². The van der Waals surface area contributed by atoms with Crippen LogP contribution in [0, 0.1) is 0 Å². The Kier molecular flexibility index (Phi) is 5.11. The van der Waals surface area contributed by atoms with Gasteiger partial charge in [-0.05, 0) is 36.4 Å². The molecule has 1 heterocycles. The van der Waals surface area contributed by atoms with Crippen molar-refractivity contribution in [2.75, 3.05) is 6.54 Å². The first-order chi connectivity index (χ1) is 11.0.